The van der Waals surface area contributed by atoms with Crippen molar-refractivity contribution in [1.82, 2.24) is 14.5 Å². The lowest BCUT2D eigenvalue weighted by Gasteiger charge is -2.35. The highest BCUT2D eigenvalue weighted by atomic mass is 35.5. The molecule has 1 unspecified atom stereocenters. The van der Waals surface area contributed by atoms with Crippen LogP contribution in [0.15, 0.2) is 52.4 Å². The van der Waals surface area contributed by atoms with Crippen molar-refractivity contribution >= 4 is 50.9 Å². The number of amidine groups is 1. The minimum Gasteiger partial charge on any atom is -0.443 e. The number of carbonyl (C=O) groups is 2. The van der Waals surface area contributed by atoms with Crippen LogP contribution in [0.25, 0.3) is 0 Å². The molecule has 4 rings (SSSR count). The summed E-state index contributed by atoms with van der Waals surface area (Å²) < 4.78 is 33.8. The molecule has 234 valence electrons. The summed E-state index contributed by atoms with van der Waals surface area (Å²) in [7, 11) is -3.83. The van der Waals surface area contributed by atoms with Gasteiger partial charge >= 0.3 is 6.09 Å². The summed E-state index contributed by atoms with van der Waals surface area (Å²) >= 11 is 12.3. The molecule has 1 N–H and O–H groups in total. The molecule has 2 heterocycles. The summed E-state index contributed by atoms with van der Waals surface area (Å²) in [4.78, 5) is 31.3. The zero-order valence-corrected chi connectivity index (χ0v) is 27.3. The molecule has 2 aliphatic heterocycles. The number of piperidine rings is 1. The number of benzene rings is 2. The fraction of sp³-hybridized carbons (Fsp3) is 0.516. The molecule has 0 radical (unpaired) electrons. The Balaban J connectivity index is 1.23. The molecular formula is C31H40Cl2N4O5S. The van der Waals surface area contributed by atoms with Crippen LogP contribution in [0, 0.1) is 0 Å². The van der Waals surface area contributed by atoms with Crippen LogP contribution in [-0.2, 0) is 26.0 Å². The molecule has 1 amide bonds. The van der Waals surface area contributed by atoms with Gasteiger partial charge in [0.05, 0.1) is 29.7 Å². The van der Waals surface area contributed by atoms with E-state index in [0.29, 0.717) is 44.9 Å². The zero-order valence-electron chi connectivity index (χ0n) is 24.9. The maximum Gasteiger partial charge on any atom is 0.416 e. The Morgan fingerprint density at radius 2 is 1.81 bits per heavy atom. The molecule has 9 nitrogen and oxygen atoms in total. The van der Waals surface area contributed by atoms with E-state index in [9.17, 15) is 18.0 Å². The van der Waals surface area contributed by atoms with Crippen molar-refractivity contribution in [3.63, 3.8) is 0 Å². The van der Waals surface area contributed by atoms with Gasteiger partial charge in [-0.05, 0) is 70.7 Å². The number of nitrogens with one attached hydrogen (secondary N) is 1. The number of ketones is 1. The number of ether oxygens (including phenoxy) is 1. The first-order chi connectivity index (χ1) is 20.4. The molecule has 0 spiro atoms. The van der Waals surface area contributed by atoms with Gasteiger partial charge in [-0.1, -0.05) is 60.0 Å². The van der Waals surface area contributed by atoms with Gasteiger partial charge in [-0.15, -0.1) is 0 Å². The lowest BCUT2D eigenvalue weighted by atomic mass is 9.99. The van der Waals surface area contributed by atoms with E-state index >= 15 is 0 Å². The van der Waals surface area contributed by atoms with Crippen LogP contribution in [0.5, 0.6) is 0 Å². The van der Waals surface area contributed by atoms with Crippen molar-refractivity contribution in [3.05, 3.63) is 63.6 Å². The largest absolute Gasteiger partial charge is 0.443 e. The van der Waals surface area contributed by atoms with Crippen LogP contribution in [0.4, 0.5) is 4.79 Å². The second kappa shape index (κ2) is 14.5. The molecule has 12 heteroatoms. The van der Waals surface area contributed by atoms with Crippen LogP contribution in [-0.4, -0.2) is 79.7 Å². The van der Waals surface area contributed by atoms with E-state index in [1.54, 1.807) is 17.0 Å². The molecule has 2 aliphatic rings. The molecule has 43 heavy (non-hydrogen) atoms. The summed E-state index contributed by atoms with van der Waals surface area (Å²) in [5.41, 5.74) is 1.37. The molecule has 0 aliphatic carbocycles. The van der Waals surface area contributed by atoms with Crippen molar-refractivity contribution in [2.75, 3.05) is 32.7 Å². The van der Waals surface area contributed by atoms with E-state index in [2.05, 4.69) is 10.3 Å². The highest BCUT2D eigenvalue weighted by Crippen LogP contribution is 2.34. The zero-order chi connectivity index (χ0) is 31.2. The summed E-state index contributed by atoms with van der Waals surface area (Å²) in [6.07, 6.45) is 3.46. The van der Waals surface area contributed by atoms with E-state index in [0.717, 1.165) is 30.4 Å². The minimum atomic E-state index is -3.83. The second-order valence-electron chi connectivity index (χ2n) is 11.9. The summed E-state index contributed by atoms with van der Waals surface area (Å²) in [5.74, 6) is 0.657. The number of aliphatic imine (C=N–C) groups is 1. The van der Waals surface area contributed by atoms with Crippen LogP contribution in [0.3, 0.4) is 0 Å². The smallest absolute Gasteiger partial charge is 0.416 e. The number of halogens is 2. The Hall–Kier alpha value is -2.50. The van der Waals surface area contributed by atoms with Crippen molar-refractivity contribution in [1.29, 1.82) is 0 Å². The molecule has 2 aromatic rings. The van der Waals surface area contributed by atoms with E-state index in [1.807, 2.05) is 45.0 Å². The normalized spacial score (nSPS) is 18.0. The number of hydrogen-bond acceptors (Lipinski definition) is 7. The van der Waals surface area contributed by atoms with E-state index in [1.165, 1.54) is 10.4 Å². The highest BCUT2D eigenvalue weighted by molar-refractivity contribution is 7.89. The third-order valence-electron chi connectivity index (χ3n) is 7.41. The molecule has 0 bridgehead atoms. The van der Waals surface area contributed by atoms with E-state index in [-0.39, 0.29) is 39.7 Å². The minimum absolute atomic E-state index is 0.00573. The summed E-state index contributed by atoms with van der Waals surface area (Å²) in [5, 5.41) is 3.43. The van der Waals surface area contributed by atoms with Crippen LogP contribution in [0.1, 0.15) is 64.0 Å². The third kappa shape index (κ3) is 8.79. The van der Waals surface area contributed by atoms with Gasteiger partial charge in [0.25, 0.3) is 0 Å². The Morgan fingerprint density at radius 3 is 2.53 bits per heavy atom. The number of sulfonamides is 1. The van der Waals surface area contributed by atoms with Gasteiger partial charge in [-0.25, -0.2) is 13.2 Å². The van der Waals surface area contributed by atoms with Crippen LogP contribution < -0.4 is 5.32 Å². The fourth-order valence-corrected chi connectivity index (χ4v) is 7.74. The number of amides is 1. The average molecular weight is 652 g/mol. The Kier molecular flexibility index (Phi) is 11.3. The van der Waals surface area contributed by atoms with Gasteiger partial charge in [0.15, 0.2) is 0 Å². The lowest BCUT2D eigenvalue weighted by Crippen LogP contribution is -2.44. The Bertz CT molecular complexity index is 1440. The summed E-state index contributed by atoms with van der Waals surface area (Å²) in [6, 6.07) is 12.2. The van der Waals surface area contributed by atoms with E-state index in [4.69, 9.17) is 27.9 Å². The number of hydrogen-bond donors (Lipinski definition) is 1. The van der Waals surface area contributed by atoms with Crippen molar-refractivity contribution in [3.8, 4) is 0 Å². The number of carbonyl (C=O) groups excluding carboxylic acids is 2. The van der Waals surface area contributed by atoms with Gasteiger partial charge in [-0.3, -0.25) is 14.7 Å². The van der Waals surface area contributed by atoms with Gasteiger partial charge in [0, 0.05) is 24.6 Å². The monoisotopic (exact) mass is 650 g/mol. The average Bonchev–Trinajstić information content (AvgIpc) is 3.46. The van der Waals surface area contributed by atoms with Gasteiger partial charge in [-0.2, -0.15) is 4.31 Å². The molecule has 1 atom stereocenters. The number of nitrogens with zero attached hydrogens (tertiary/aromatic N) is 3. The first kappa shape index (κ1) is 33.4. The molecular weight excluding hydrogens is 611 g/mol. The lowest BCUT2D eigenvalue weighted by molar-refractivity contribution is -0.118. The maximum atomic E-state index is 13.4. The van der Waals surface area contributed by atoms with Crippen LogP contribution in [0.2, 0.25) is 10.0 Å². The van der Waals surface area contributed by atoms with Gasteiger partial charge in [0.2, 0.25) is 10.0 Å². The fourth-order valence-electron chi connectivity index (χ4n) is 5.27. The van der Waals surface area contributed by atoms with E-state index < -0.39 is 21.7 Å². The first-order valence-electron chi connectivity index (χ1n) is 14.7. The molecule has 1 fully saturated rings. The Morgan fingerprint density at radius 1 is 1.07 bits per heavy atom. The Labute approximate surface area is 264 Å². The molecule has 1 saturated heterocycles. The predicted molar refractivity (Wildman–Crippen MR) is 170 cm³/mol. The van der Waals surface area contributed by atoms with Crippen molar-refractivity contribution in [2.45, 2.75) is 75.8 Å². The number of rotatable bonds is 11. The third-order valence-corrected chi connectivity index (χ3v) is 10.3. The standard InChI is InChI=1S/C31H40Cl2N4O5S/c1-31(2,3)42-30(39)36-20-18-35-29(36)23-12-10-22(11-13-23)16-17-34-21-25(38)15-14-24-7-4-5-19-37(24)43(40,41)27-9-6-8-26(32)28(27)33/h6,8-13,24,34H,4-5,7,14-21H2,1-3H3. The summed E-state index contributed by atoms with van der Waals surface area (Å²) in [6.45, 7) is 7.79. The molecule has 0 aromatic heterocycles. The van der Waals surface area contributed by atoms with Crippen molar-refractivity contribution < 1.29 is 22.7 Å². The topological polar surface area (TPSA) is 108 Å². The number of Topliss-reactive ketones (excluding diaryl/α,β-unsaturated/α-hetero) is 1. The highest BCUT2D eigenvalue weighted by Gasteiger charge is 2.35. The van der Waals surface area contributed by atoms with Crippen LogP contribution >= 0.6 is 23.2 Å². The van der Waals surface area contributed by atoms with Crippen molar-refractivity contribution in [2.24, 2.45) is 4.99 Å². The SMILES string of the molecule is CC(C)(C)OC(=O)N1CCN=C1c1ccc(CCNCC(=O)CCC2CCCCN2S(=O)(=O)c2cccc(Cl)c2Cl)cc1. The van der Waals surface area contributed by atoms with Gasteiger partial charge in [0.1, 0.15) is 22.1 Å². The maximum absolute atomic E-state index is 13.4. The predicted octanol–water partition coefficient (Wildman–Crippen LogP) is 5.72. The quantitative estimate of drug-likeness (QED) is 0.312. The molecule has 0 saturated carbocycles. The second-order valence-corrected chi connectivity index (χ2v) is 14.5. The first-order valence-corrected chi connectivity index (χ1v) is 16.9. The van der Waals surface area contributed by atoms with Gasteiger partial charge < -0.3 is 10.1 Å². The molecule has 2 aromatic carbocycles.